The second-order valence-electron chi connectivity index (χ2n) is 6.47. The minimum atomic E-state index is 0.223. The van der Waals surface area contributed by atoms with Crippen LogP contribution in [-0.2, 0) is 37.9 Å². The summed E-state index contributed by atoms with van der Waals surface area (Å²) in [4.78, 5) is 16.6. The molecule has 3 rings (SSSR count). The molecule has 0 saturated carbocycles. The number of aromatic nitrogens is 2. The van der Waals surface area contributed by atoms with E-state index in [1.165, 1.54) is 16.8 Å². The predicted molar refractivity (Wildman–Crippen MR) is 89.6 cm³/mol. The second kappa shape index (κ2) is 6.54. The SMILES string of the molecule is CN(C)Cc1nn(C)c2c1CN(C(=O)CCc1ccccc1)C2. The van der Waals surface area contributed by atoms with Gasteiger partial charge in [0.05, 0.1) is 17.9 Å². The van der Waals surface area contributed by atoms with E-state index in [1.54, 1.807) is 0 Å². The van der Waals surface area contributed by atoms with Gasteiger partial charge in [-0.15, -0.1) is 0 Å². The fourth-order valence-electron chi connectivity index (χ4n) is 3.13. The third-order valence-corrected chi connectivity index (χ3v) is 4.34. The smallest absolute Gasteiger partial charge is 0.223 e. The fourth-order valence-corrected chi connectivity index (χ4v) is 3.13. The van der Waals surface area contributed by atoms with E-state index in [2.05, 4.69) is 22.1 Å². The Labute approximate surface area is 137 Å². The number of benzene rings is 1. The molecule has 0 fully saturated rings. The Kier molecular flexibility index (Phi) is 4.48. The van der Waals surface area contributed by atoms with Crippen LogP contribution in [0, 0.1) is 0 Å². The summed E-state index contributed by atoms with van der Waals surface area (Å²) < 4.78 is 1.93. The van der Waals surface area contributed by atoms with E-state index in [1.807, 2.05) is 48.9 Å². The van der Waals surface area contributed by atoms with Crippen LogP contribution in [0.5, 0.6) is 0 Å². The standard InChI is InChI=1S/C18H24N4O/c1-20(2)12-16-15-11-22(13-17(15)21(3)19-16)18(23)10-9-14-7-5-4-6-8-14/h4-8H,9-13H2,1-3H3. The summed E-state index contributed by atoms with van der Waals surface area (Å²) in [6.07, 6.45) is 1.36. The Morgan fingerprint density at radius 1 is 1.22 bits per heavy atom. The lowest BCUT2D eigenvalue weighted by Gasteiger charge is -2.17. The van der Waals surface area contributed by atoms with Gasteiger partial charge in [0, 0.05) is 32.1 Å². The van der Waals surface area contributed by atoms with Crippen LogP contribution in [0.3, 0.4) is 0 Å². The van der Waals surface area contributed by atoms with Crippen molar-refractivity contribution in [2.24, 2.45) is 7.05 Å². The van der Waals surface area contributed by atoms with Gasteiger partial charge in [0.25, 0.3) is 0 Å². The summed E-state index contributed by atoms with van der Waals surface area (Å²) in [5.41, 5.74) is 4.71. The first-order chi connectivity index (χ1) is 11.0. The average molecular weight is 312 g/mol. The van der Waals surface area contributed by atoms with Crippen LogP contribution in [0.4, 0.5) is 0 Å². The summed E-state index contributed by atoms with van der Waals surface area (Å²) in [7, 11) is 6.05. The summed E-state index contributed by atoms with van der Waals surface area (Å²) in [5, 5.41) is 4.60. The monoisotopic (exact) mass is 312 g/mol. The molecule has 122 valence electrons. The number of carbonyl (C=O) groups is 1. The van der Waals surface area contributed by atoms with Gasteiger partial charge in [0.15, 0.2) is 0 Å². The Hall–Kier alpha value is -2.14. The van der Waals surface area contributed by atoms with Gasteiger partial charge in [-0.3, -0.25) is 9.48 Å². The second-order valence-corrected chi connectivity index (χ2v) is 6.47. The van der Waals surface area contributed by atoms with Crippen LogP contribution in [0.25, 0.3) is 0 Å². The van der Waals surface area contributed by atoms with Crippen LogP contribution in [0.15, 0.2) is 30.3 Å². The van der Waals surface area contributed by atoms with Gasteiger partial charge in [-0.25, -0.2) is 0 Å². The molecule has 5 heteroatoms. The maximum Gasteiger partial charge on any atom is 0.223 e. The lowest BCUT2D eigenvalue weighted by molar-refractivity contribution is -0.131. The number of amides is 1. The highest BCUT2D eigenvalue weighted by atomic mass is 16.2. The molecule has 2 aromatic rings. The van der Waals surface area contributed by atoms with Gasteiger partial charge in [-0.1, -0.05) is 30.3 Å². The first-order valence-electron chi connectivity index (χ1n) is 8.04. The molecule has 1 aliphatic rings. The lowest BCUT2D eigenvalue weighted by atomic mass is 10.1. The quantitative estimate of drug-likeness (QED) is 0.847. The van der Waals surface area contributed by atoms with E-state index in [0.717, 1.165) is 18.7 Å². The van der Waals surface area contributed by atoms with E-state index in [9.17, 15) is 4.79 Å². The topological polar surface area (TPSA) is 41.4 Å². The van der Waals surface area contributed by atoms with Gasteiger partial charge < -0.3 is 9.80 Å². The highest BCUT2D eigenvalue weighted by molar-refractivity contribution is 5.77. The molecule has 0 unspecified atom stereocenters. The summed E-state index contributed by atoms with van der Waals surface area (Å²) in [6, 6.07) is 10.2. The van der Waals surface area contributed by atoms with Crippen molar-refractivity contribution in [3.63, 3.8) is 0 Å². The minimum absolute atomic E-state index is 0.223. The zero-order valence-corrected chi connectivity index (χ0v) is 14.1. The van der Waals surface area contributed by atoms with E-state index < -0.39 is 0 Å². The fraction of sp³-hybridized carbons (Fsp3) is 0.444. The number of aryl methyl sites for hydroxylation is 2. The Balaban J connectivity index is 1.63. The van der Waals surface area contributed by atoms with Crippen LogP contribution in [0.2, 0.25) is 0 Å². The predicted octanol–water partition coefficient (Wildman–Crippen LogP) is 1.96. The van der Waals surface area contributed by atoms with Crippen molar-refractivity contribution >= 4 is 5.91 Å². The van der Waals surface area contributed by atoms with Gasteiger partial charge >= 0.3 is 0 Å². The number of fused-ring (bicyclic) bond motifs is 1. The van der Waals surface area contributed by atoms with Crippen molar-refractivity contribution in [3.8, 4) is 0 Å². The maximum absolute atomic E-state index is 12.5. The van der Waals surface area contributed by atoms with Crippen LogP contribution in [-0.4, -0.2) is 39.6 Å². The average Bonchev–Trinajstić information content (AvgIpc) is 3.08. The summed E-state index contributed by atoms with van der Waals surface area (Å²) in [5.74, 6) is 0.223. The van der Waals surface area contributed by atoms with Crippen LogP contribution < -0.4 is 0 Å². The molecule has 0 atom stereocenters. The summed E-state index contributed by atoms with van der Waals surface area (Å²) in [6.45, 7) is 2.19. The van der Waals surface area contributed by atoms with E-state index in [4.69, 9.17) is 0 Å². The molecule has 1 aromatic heterocycles. The number of hydrogen-bond acceptors (Lipinski definition) is 3. The molecule has 1 aromatic carbocycles. The Bertz CT molecular complexity index is 691. The molecular weight excluding hydrogens is 288 g/mol. The number of nitrogens with zero attached hydrogens (tertiary/aromatic N) is 4. The molecule has 0 N–H and O–H groups in total. The van der Waals surface area contributed by atoms with Gasteiger partial charge in [0.2, 0.25) is 5.91 Å². The molecule has 5 nitrogen and oxygen atoms in total. The molecule has 1 amide bonds. The molecule has 0 aliphatic carbocycles. The third kappa shape index (κ3) is 3.45. The molecule has 0 spiro atoms. The summed E-state index contributed by atoms with van der Waals surface area (Å²) >= 11 is 0. The van der Waals surface area contributed by atoms with Crippen molar-refractivity contribution in [1.82, 2.24) is 19.6 Å². The van der Waals surface area contributed by atoms with Crippen LogP contribution >= 0.6 is 0 Å². The number of carbonyl (C=O) groups excluding carboxylic acids is 1. The van der Waals surface area contributed by atoms with E-state index in [0.29, 0.717) is 19.5 Å². The van der Waals surface area contributed by atoms with E-state index >= 15 is 0 Å². The minimum Gasteiger partial charge on any atom is -0.332 e. The Morgan fingerprint density at radius 2 is 1.96 bits per heavy atom. The molecule has 0 radical (unpaired) electrons. The van der Waals surface area contributed by atoms with E-state index in [-0.39, 0.29) is 5.91 Å². The first-order valence-corrected chi connectivity index (χ1v) is 8.04. The van der Waals surface area contributed by atoms with Crippen molar-refractivity contribution < 1.29 is 4.79 Å². The number of rotatable bonds is 5. The molecular formula is C18H24N4O. The molecule has 0 saturated heterocycles. The van der Waals surface area contributed by atoms with Crippen molar-refractivity contribution in [1.29, 1.82) is 0 Å². The molecule has 0 bridgehead atoms. The van der Waals surface area contributed by atoms with Gasteiger partial charge in [-0.2, -0.15) is 5.10 Å². The number of hydrogen-bond donors (Lipinski definition) is 0. The van der Waals surface area contributed by atoms with Crippen LogP contribution in [0.1, 0.15) is 28.9 Å². The largest absolute Gasteiger partial charge is 0.332 e. The highest BCUT2D eigenvalue weighted by Crippen LogP contribution is 2.26. The first kappa shape index (κ1) is 15.7. The zero-order valence-electron chi connectivity index (χ0n) is 14.1. The van der Waals surface area contributed by atoms with Crippen molar-refractivity contribution in [2.75, 3.05) is 14.1 Å². The maximum atomic E-state index is 12.5. The van der Waals surface area contributed by atoms with Crippen molar-refractivity contribution in [2.45, 2.75) is 32.5 Å². The highest BCUT2D eigenvalue weighted by Gasteiger charge is 2.29. The third-order valence-electron chi connectivity index (χ3n) is 4.34. The molecule has 1 aliphatic heterocycles. The zero-order chi connectivity index (χ0) is 16.4. The van der Waals surface area contributed by atoms with Gasteiger partial charge in [-0.05, 0) is 26.1 Å². The molecule has 23 heavy (non-hydrogen) atoms. The van der Waals surface area contributed by atoms with Crippen molar-refractivity contribution in [3.05, 3.63) is 52.8 Å². The van der Waals surface area contributed by atoms with Gasteiger partial charge in [0.1, 0.15) is 0 Å². The molecule has 2 heterocycles. The Morgan fingerprint density at radius 3 is 2.65 bits per heavy atom. The normalized spacial score (nSPS) is 13.7. The lowest BCUT2D eigenvalue weighted by Crippen LogP contribution is -2.26.